The van der Waals surface area contributed by atoms with Gasteiger partial charge >= 0.3 is 0 Å². The predicted octanol–water partition coefficient (Wildman–Crippen LogP) is 2.55. The molecule has 1 aromatic heterocycles. The van der Waals surface area contributed by atoms with E-state index < -0.39 is 4.92 Å². The molecule has 1 amide bonds. The fourth-order valence-electron chi connectivity index (χ4n) is 1.89. The first-order valence-electron chi connectivity index (χ1n) is 6.97. The molecular formula is C15H18N4O3. The maximum Gasteiger partial charge on any atom is 0.294 e. The molecule has 2 rings (SSSR count). The van der Waals surface area contributed by atoms with Crippen molar-refractivity contribution in [2.24, 2.45) is 5.92 Å². The van der Waals surface area contributed by atoms with E-state index in [1.54, 1.807) is 18.3 Å². The summed E-state index contributed by atoms with van der Waals surface area (Å²) in [5.41, 5.74) is 0.502. The summed E-state index contributed by atoms with van der Waals surface area (Å²) in [7, 11) is 0. The number of benzene rings is 1. The Morgan fingerprint density at radius 3 is 2.64 bits per heavy atom. The van der Waals surface area contributed by atoms with Gasteiger partial charge in [0.2, 0.25) is 0 Å². The molecule has 7 nitrogen and oxygen atoms in total. The lowest BCUT2D eigenvalue weighted by Crippen LogP contribution is -2.36. The number of rotatable bonds is 5. The summed E-state index contributed by atoms with van der Waals surface area (Å²) in [6, 6.07) is 4.40. The first-order valence-corrected chi connectivity index (χ1v) is 6.97. The number of hydrogen-bond donors (Lipinski definition) is 1. The second-order valence-corrected chi connectivity index (χ2v) is 5.44. The highest BCUT2D eigenvalue weighted by molar-refractivity contribution is 5.95. The molecule has 0 aliphatic heterocycles. The van der Waals surface area contributed by atoms with Crippen molar-refractivity contribution in [2.75, 3.05) is 0 Å². The Morgan fingerprint density at radius 2 is 2.09 bits per heavy atom. The number of carbonyl (C=O) groups excluding carboxylic acids is 1. The number of nitro groups is 1. The quantitative estimate of drug-likeness (QED) is 0.679. The van der Waals surface area contributed by atoms with E-state index in [-0.39, 0.29) is 29.1 Å². The van der Waals surface area contributed by atoms with Gasteiger partial charge in [-0.05, 0) is 25.0 Å². The molecule has 1 N–H and O–H groups in total. The summed E-state index contributed by atoms with van der Waals surface area (Å²) in [5.74, 6) is -0.0364. The Bertz CT molecular complexity index is 680. The van der Waals surface area contributed by atoms with Gasteiger partial charge in [0.25, 0.3) is 11.6 Å². The van der Waals surface area contributed by atoms with Crippen LogP contribution < -0.4 is 5.32 Å². The van der Waals surface area contributed by atoms with Gasteiger partial charge in [-0.3, -0.25) is 14.9 Å². The second kappa shape index (κ2) is 6.38. The van der Waals surface area contributed by atoms with Gasteiger partial charge < -0.3 is 9.88 Å². The topological polar surface area (TPSA) is 90.1 Å². The van der Waals surface area contributed by atoms with Crippen LogP contribution in [0.25, 0.3) is 5.69 Å². The Kier molecular flexibility index (Phi) is 4.55. The minimum absolute atomic E-state index is 0.0140. The maximum absolute atomic E-state index is 12.2. The van der Waals surface area contributed by atoms with Crippen molar-refractivity contribution in [1.29, 1.82) is 0 Å². The molecule has 0 spiro atoms. The van der Waals surface area contributed by atoms with E-state index in [2.05, 4.69) is 10.3 Å². The third kappa shape index (κ3) is 3.30. The number of nitrogens with zero attached hydrogens (tertiary/aromatic N) is 3. The van der Waals surface area contributed by atoms with Crippen molar-refractivity contribution in [1.82, 2.24) is 14.9 Å². The van der Waals surface area contributed by atoms with Crippen molar-refractivity contribution in [3.63, 3.8) is 0 Å². The largest absolute Gasteiger partial charge is 0.349 e. The van der Waals surface area contributed by atoms with Crippen molar-refractivity contribution in [3.8, 4) is 5.69 Å². The van der Waals surface area contributed by atoms with Crippen molar-refractivity contribution >= 4 is 11.6 Å². The third-order valence-electron chi connectivity index (χ3n) is 3.58. The average Bonchev–Trinajstić information content (AvgIpc) is 3.00. The van der Waals surface area contributed by atoms with Crippen LogP contribution in [0, 0.1) is 16.0 Å². The van der Waals surface area contributed by atoms with Gasteiger partial charge in [0.05, 0.1) is 11.3 Å². The lowest BCUT2D eigenvalue weighted by atomic mass is 10.1. The van der Waals surface area contributed by atoms with E-state index in [9.17, 15) is 14.9 Å². The lowest BCUT2D eigenvalue weighted by Gasteiger charge is -2.17. The highest BCUT2D eigenvalue weighted by Gasteiger charge is 2.20. The van der Waals surface area contributed by atoms with Crippen molar-refractivity contribution < 1.29 is 9.72 Å². The Morgan fingerprint density at radius 1 is 1.36 bits per heavy atom. The summed E-state index contributed by atoms with van der Waals surface area (Å²) < 4.78 is 1.54. The molecule has 1 aromatic carbocycles. The standard InChI is InChI=1S/C15H18N4O3/c1-10(2)11(3)17-15(20)12-4-5-13(14(8-12)19(21)22)18-7-6-16-9-18/h4-11H,1-3H3,(H,17,20). The molecule has 0 fully saturated rings. The molecule has 22 heavy (non-hydrogen) atoms. The number of hydrogen-bond acceptors (Lipinski definition) is 4. The molecule has 0 aliphatic rings. The average molecular weight is 302 g/mol. The van der Waals surface area contributed by atoms with Crippen LogP contribution in [0.1, 0.15) is 31.1 Å². The lowest BCUT2D eigenvalue weighted by molar-refractivity contribution is -0.384. The molecule has 1 heterocycles. The normalized spacial score (nSPS) is 12.2. The van der Waals surface area contributed by atoms with Gasteiger partial charge in [-0.1, -0.05) is 13.8 Å². The zero-order valence-electron chi connectivity index (χ0n) is 12.7. The summed E-state index contributed by atoms with van der Waals surface area (Å²) in [6.45, 7) is 5.89. The van der Waals surface area contributed by atoms with Crippen LogP contribution in [0.4, 0.5) is 5.69 Å². The van der Waals surface area contributed by atoms with Gasteiger partial charge in [0, 0.05) is 30.1 Å². The number of carbonyl (C=O) groups is 1. The first kappa shape index (κ1) is 15.7. The Balaban J connectivity index is 2.34. The number of imidazole rings is 1. The van der Waals surface area contributed by atoms with Crippen LogP contribution in [0.2, 0.25) is 0 Å². The summed E-state index contributed by atoms with van der Waals surface area (Å²) >= 11 is 0. The van der Waals surface area contributed by atoms with Crippen LogP contribution in [0.3, 0.4) is 0 Å². The third-order valence-corrected chi connectivity index (χ3v) is 3.58. The Hall–Kier alpha value is -2.70. The molecule has 0 saturated heterocycles. The highest BCUT2D eigenvalue weighted by Crippen LogP contribution is 2.24. The fraction of sp³-hybridized carbons (Fsp3) is 0.333. The van der Waals surface area contributed by atoms with E-state index in [4.69, 9.17) is 0 Å². The van der Waals surface area contributed by atoms with Gasteiger partial charge in [0.1, 0.15) is 5.69 Å². The van der Waals surface area contributed by atoms with E-state index >= 15 is 0 Å². The molecule has 7 heteroatoms. The van der Waals surface area contributed by atoms with Crippen LogP contribution in [0.15, 0.2) is 36.9 Å². The smallest absolute Gasteiger partial charge is 0.294 e. The predicted molar refractivity (Wildman–Crippen MR) is 82.0 cm³/mol. The van der Waals surface area contributed by atoms with Crippen LogP contribution in [0.5, 0.6) is 0 Å². The minimum Gasteiger partial charge on any atom is -0.349 e. The van der Waals surface area contributed by atoms with Crippen molar-refractivity contribution in [2.45, 2.75) is 26.8 Å². The molecule has 116 valence electrons. The molecule has 0 saturated carbocycles. The molecule has 2 aromatic rings. The molecular weight excluding hydrogens is 284 g/mol. The zero-order chi connectivity index (χ0) is 16.3. The number of amides is 1. The van der Waals surface area contributed by atoms with Gasteiger partial charge in [-0.25, -0.2) is 4.98 Å². The number of nitrogens with one attached hydrogen (secondary N) is 1. The van der Waals surface area contributed by atoms with E-state index in [1.807, 2.05) is 20.8 Å². The molecule has 0 radical (unpaired) electrons. The van der Waals surface area contributed by atoms with Crippen molar-refractivity contribution in [3.05, 3.63) is 52.6 Å². The summed E-state index contributed by atoms with van der Waals surface area (Å²) in [4.78, 5) is 26.8. The van der Waals surface area contributed by atoms with E-state index in [1.165, 1.54) is 23.2 Å². The first-order chi connectivity index (χ1) is 10.4. The van der Waals surface area contributed by atoms with Gasteiger partial charge in [-0.15, -0.1) is 0 Å². The summed E-state index contributed by atoms with van der Waals surface area (Å²) in [6.07, 6.45) is 4.63. The number of aromatic nitrogens is 2. The fourth-order valence-corrected chi connectivity index (χ4v) is 1.89. The monoisotopic (exact) mass is 302 g/mol. The summed E-state index contributed by atoms with van der Waals surface area (Å²) in [5, 5.41) is 14.1. The van der Waals surface area contributed by atoms with Gasteiger partial charge in [0.15, 0.2) is 0 Å². The molecule has 1 atom stereocenters. The molecule has 0 aliphatic carbocycles. The second-order valence-electron chi connectivity index (χ2n) is 5.44. The van der Waals surface area contributed by atoms with E-state index in [0.717, 1.165) is 0 Å². The van der Waals surface area contributed by atoms with E-state index in [0.29, 0.717) is 5.69 Å². The Labute approximate surface area is 128 Å². The van der Waals surface area contributed by atoms with Crippen LogP contribution in [-0.4, -0.2) is 26.4 Å². The zero-order valence-corrected chi connectivity index (χ0v) is 12.7. The van der Waals surface area contributed by atoms with Crippen LogP contribution in [-0.2, 0) is 0 Å². The molecule has 0 bridgehead atoms. The van der Waals surface area contributed by atoms with Gasteiger partial charge in [-0.2, -0.15) is 0 Å². The maximum atomic E-state index is 12.2. The number of nitro benzene ring substituents is 1. The minimum atomic E-state index is -0.502. The SMILES string of the molecule is CC(C)C(C)NC(=O)c1ccc(-n2ccnc2)c([N+](=O)[O-])c1. The molecule has 1 unspecified atom stereocenters. The highest BCUT2D eigenvalue weighted by atomic mass is 16.6. The van der Waals surface area contributed by atoms with Crippen LogP contribution >= 0.6 is 0 Å².